The molecule has 0 aliphatic heterocycles. The average molecular weight is 219 g/mol. The van der Waals surface area contributed by atoms with E-state index in [1.807, 2.05) is 13.8 Å². The zero-order valence-corrected chi connectivity index (χ0v) is 9.44. The lowest BCUT2D eigenvalue weighted by molar-refractivity contribution is -0.0921. The second-order valence-corrected chi connectivity index (χ2v) is 4.18. The van der Waals surface area contributed by atoms with E-state index in [-0.39, 0.29) is 11.8 Å². The van der Waals surface area contributed by atoms with E-state index < -0.39 is 11.7 Å². The predicted molar refractivity (Wildman–Crippen MR) is 55.1 cm³/mol. The van der Waals surface area contributed by atoms with Crippen LogP contribution >= 0.6 is 0 Å². The van der Waals surface area contributed by atoms with Gasteiger partial charge in [0.05, 0.1) is 0 Å². The van der Waals surface area contributed by atoms with Crippen molar-refractivity contribution in [1.82, 2.24) is 0 Å². The van der Waals surface area contributed by atoms with E-state index in [2.05, 4.69) is 4.99 Å². The molecule has 0 N–H and O–H groups in total. The third kappa shape index (κ3) is 2.24. The monoisotopic (exact) mass is 219 g/mol. The first-order valence-electron chi connectivity index (χ1n) is 5.04. The number of hydrogen-bond acceptors (Lipinski definition) is 1. The van der Waals surface area contributed by atoms with Gasteiger partial charge < -0.3 is 0 Å². The fourth-order valence-electron chi connectivity index (χ4n) is 2.33. The Bertz CT molecular complexity index is 312. The summed E-state index contributed by atoms with van der Waals surface area (Å²) in [7, 11) is 1.56. The van der Waals surface area contributed by atoms with E-state index in [1.165, 1.54) is 0 Å². The van der Waals surface area contributed by atoms with Crippen molar-refractivity contribution in [2.45, 2.75) is 33.4 Å². The Morgan fingerprint density at radius 3 is 2.20 bits per heavy atom. The Morgan fingerprint density at radius 2 is 1.80 bits per heavy atom. The molecule has 1 fully saturated rings. The molecule has 0 bridgehead atoms. The van der Waals surface area contributed by atoms with Gasteiger partial charge in [0.2, 0.25) is 0 Å². The summed E-state index contributed by atoms with van der Waals surface area (Å²) in [6, 6.07) is 0. The van der Waals surface area contributed by atoms with E-state index in [1.54, 1.807) is 7.05 Å². The lowest BCUT2D eigenvalue weighted by Crippen LogP contribution is -2.16. The van der Waals surface area contributed by atoms with Crippen LogP contribution in [0.1, 0.15) is 27.2 Å². The summed E-state index contributed by atoms with van der Waals surface area (Å²) < 4.78 is 37.8. The summed E-state index contributed by atoms with van der Waals surface area (Å²) in [5.74, 6) is 0.0950. The Kier molecular flexibility index (Phi) is 3.26. The number of allylic oxidation sites excluding steroid dienone is 2. The number of alkyl halides is 3. The molecule has 86 valence electrons. The maximum absolute atomic E-state index is 12.6. The highest BCUT2D eigenvalue weighted by molar-refractivity contribution is 6.04. The van der Waals surface area contributed by atoms with Crippen LogP contribution in [0.4, 0.5) is 13.2 Å². The Hall–Kier alpha value is -0.800. The fraction of sp³-hybridized carbons (Fsp3) is 0.727. The van der Waals surface area contributed by atoms with Crippen LogP contribution in [0.3, 0.4) is 0 Å². The minimum Gasteiger partial charge on any atom is -0.293 e. The molecule has 2 atom stereocenters. The van der Waals surface area contributed by atoms with E-state index in [9.17, 15) is 13.2 Å². The Balaban J connectivity index is 3.24. The quantitative estimate of drug-likeness (QED) is 0.590. The van der Waals surface area contributed by atoms with E-state index >= 15 is 0 Å². The van der Waals surface area contributed by atoms with Crippen LogP contribution in [-0.4, -0.2) is 18.9 Å². The van der Waals surface area contributed by atoms with Gasteiger partial charge in [-0.1, -0.05) is 13.8 Å². The molecule has 15 heavy (non-hydrogen) atoms. The highest BCUT2D eigenvalue weighted by atomic mass is 19.4. The van der Waals surface area contributed by atoms with Gasteiger partial charge >= 0.3 is 6.18 Å². The lowest BCUT2D eigenvalue weighted by Gasteiger charge is -2.14. The molecular weight excluding hydrogens is 203 g/mol. The molecule has 4 heteroatoms. The molecule has 2 unspecified atom stereocenters. The van der Waals surface area contributed by atoms with Gasteiger partial charge in [0.25, 0.3) is 0 Å². The van der Waals surface area contributed by atoms with Crippen LogP contribution in [0.5, 0.6) is 0 Å². The second kappa shape index (κ2) is 3.99. The molecule has 0 aromatic heterocycles. The topological polar surface area (TPSA) is 12.4 Å². The number of halogens is 3. The number of nitrogens with zero attached hydrogens (tertiary/aromatic N) is 1. The summed E-state index contributed by atoms with van der Waals surface area (Å²) in [6.07, 6.45) is -3.47. The lowest BCUT2D eigenvalue weighted by atomic mass is 9.98. The maximum Gasteiger partial charge on any atom is 0.412 e. The minimum absolute atomic E-state index is 0.0414. The van der Waals surface area contributed by atoms with Gasteiger partial charge in [-0.05, 0) is 30.8 Å². The largest absolute Gasteiger partial charge is 0.412 e. The van der Waals surface area contributed by atoms with Crippen molar-refractivity contribution < 1.29 is 13.2 Å². The summed E-state index contributed by atoms with van der Waals surface area (Å²) in [4.78, 5) is 3.99. The number of aliphatic imine (C=N–C) groups is 1. The zero-order valence-electron chi connectivity index (χ0n) is 9.44. The van der Waals surface area contributed by atoms with Gasteiger partial charge in [-0.3, -0.25) is 4.99 Å². The standard InChI is InChI=1S/C11H16F3N/c1-6-5-7(2)10(15-4)9(6)8(3)11(12,13)14/h6-7H,5H2,1-4H3/b9-8+,15-10?. The van der Waals surface area contributed by atoms with Crippen molar-refractivity contribution in [1.29, 1.82) is 0 Å². The van der Waals surface area contributed by atoms with Crippen molar-refractivity contribution in [3.63, 3.8) is 0 Å². The van der Waals surface area contributed by atoms with Crippen LogP contribution in [0.25, 0.3) is 0 Å². The zero-order chi connectivity index (χ0) is 11.8. The van der Waals surface area contributed by atoms with E-state index in [4.69, 9.17) is 0 Å². The molecule has 0 radical (unpaired) electrons. The Morgan fingerprint density at radius 1 is 1.27 bits per heavy atom. The number of hydrogen-bond donors (Lipinski definition) is 0. The first-order valence-corrected chi connectivity index (χ1v) is 5.04. The molecule has 0 aromatic rings. The van der Waals surface area contributed by atoms with Crippen LogP contribution in [0, 0.1) is 11.8 Å². The van der Waals surface area contributed by atoms with Crippen LogP contribution in [0.2, 0.25) is 0 Å². The van der Waals surface area contributed by atoms with Gasteiger partial charge in [-0.15, -0.1) is 0 Å². The average Bonchev–Trinajstić information content (AvgIpc) is 2.37. The SMILES string of the molecule is CN=C1/C(=C(\C)C(F)(F)F)C(C)CC1C. The molecule has 1 rings (SSSR count). The maximum atomic E-state index is 12.6. The first-order chi connectivity index (χ1) is 6.79. The van der Waals surface area contributed by atoms with Crippen molar-refractivity contribution in [3.8, 4) is 0 Å². The van der Waals surface area contributed by atoms with Crippen LogP contribution in [-0.2, 0) is 0 Å². The summed E-state index contributed by atoms with van der Waals surface area (Å²) in [5.41, 5.74) is 0.537. The van der Waals surface area contributed by atoms with Gasteiger partial charge in [0.1, 0.15) is 0 Å². The summed E-state index contributed by atoms with van der Waals surface area (Å²) in [6.45, 7) is 4.91. The molecule has 0 heterocycles. The van der Waals surface area contributed by atoms with Gasteiger partial charge in [0.15, 0.2) is 0 Å². The van der Waals surface area contributed by atoms with Gasteiger partial charge in [0, 0.05) is 18.3 Å². The molecule has 0 spiro atoms. The van der Waals surface area contributed by atoms with Gasteiger partial charge in [-0.2, -0.15) is 13.2 Å². The Labute approximate surface area is 88.1 Å². The highest BCUT2D eigenvalue weighted by Gasteiger charge is 2.39. The summed E-state index contributed by atoms with van der Waals surface area (Å²) in [5, 5.41) is 0. The third-order valence-electron chi connectivity index (χ3n) is 3.01. The smallest absolute Gasteiger partial charge is 0.293 e. The first kappa shape index (κ1) is 12.3. The molecule has 0 aromatic carbocycles. The highest BCUT2D eigenvalue weighted by Crippen LogP contribution is 2.39. The van der Waals surface area contributed by atoms with Gasteiger partial charge in [-0.25, -0.2) is 0 Å². The predicted octanol–water partition coefficient (Wildman–Crippen LogP) is 3.61. The second-order valence-electron chi connectivity index (χ2n) is 4.18. The summed E-state index contributed by atoms with van der Waals surface area (Å²) >= 11 is 0. The van der Waals surface area contributed by atoms with Crippen molar-refractivity contribution >= 4 is 5.71 Å². The number of rotatable bonds is 0. The van der Waals surface area contributed by atoms with E-state index in [0.717, 1.165) is 13.3 Å². The molecule has 0 saturated heterocycles. The molecule has 1 aliphatic rings. The minimum atomic E-state index is -4.23. The normalized spacial score (nSPS) is 33.7. The third-order valence-corrected chi connectivity index (χ3v) is 3.01. The molecule has 0 amide bonds. The molecule has 1 saturated carbocycles. The molecular formula is C11H16F3N. The van der Waals surface area contributed by atoms with Crippen molar-refractivity contribution in [2.24, 2.45) is 16.8 Å². The molecule has 1 nitrogen and oxygen atoms in total. The fourth-order valence-corrected chi connectivity index (χ4v) is 2.33. The molecule has 1 aliphatic carbocycles. The van der Waals surface area contributed by atoms with Crippen LogP contribution in [0.15, 0.2) is 16.1 Å². The van der Waals surface area contributed by atoms with Crippen LogP contribution < -0.4 is 0 Å². The van der Waals surface area contributed by atoms with Crippen molar-refractivity contribution in [3.05, 3.63) is 11.1 Å². The van der Waals surface area contributed by atoms with E-state index in [0.29, 0.717) is 11.3 Å². The van der Waals surface area contributed by atoms with Crippen molar-refractivity contribution in [2.75, 3.05) is 7.05 Å².